The van der Waals surface area contributed by atoms with Crippen molar-refractivity contribution in [3.8, 4) is 6.07 Å². The van der Waals surface area contributed by atoms with Crippen LogP contribution in [0.4, 0.5) is 17.3 Å². The lowest BCUT2D eigenvalue weighted by Crippen LogP contribution is -2.40. The van der Waals surface area contributed by atoms with Crippen molar-refractivity contribution in [2.24, 2.45) is 0 Å². The third-order valence-corrected chi connectivity index (χ3v) is 5.45. The predicted molar refractivity (Wildman–Crippen MR) is 97.9 cm³/mol. The number of nitrogen functional groups attached to an aromatic ring is 1. The topological polar surface area (TPSA) is 117 Å². The maximum absolute atomic E-state index is 12.6. The van der Waals surface area contributed by atoms with Crippen LogP contribution in [0.2, 0.25) is 0 Å². The lowest BCUT2D eigenvalue weighted by Gasteiger charge is -2.34. The van der Waals surface area contributed by atoms with Gasteiger partial charge in [0.05, 0.1) is 16.7 Å². The Morgan fingerprint density at radius 2 is 2.04 bits per heavy atom. The molecule has 4 rings (SSSR count). The van der Waals surface area contributed by atoms with Crippen molar-refractivity contribution in [3.63, 3.8) is 0 Å². The molecule has 132 valence electrons. The Labute approximate surface area is 151 Å². The van der Waals surface area contributed by atoms with Gasteiger partial charge >= 0.3 is 0 Å². The van der Waals surface area contributed by atoms with Gasteiger partial charge in [-0.3, -0.25) is 4.79 Å². The highest BCUT2D eigenvalue weighted by Crippen LogP contribution is 2.44. The Balaban J connectivity index is 1.81. The molecule has 2 heterocycles. The van der Waals surface area contributed by atoms with Crippen LogP contribution in [0, 0.1) is 18.3 Å². The average molecular weight is 348 g/mol. The fourth-order valence-corrected chi connectivity index (χ4v) is 4.05. The van der Waals surface area contributed by atoms with Crippen LogP contribution in [0.25, 0.3) is 0 Å². The van der Waals surface area contributed by atoms with Crippen LogP contribution in [0.5, 0.6) is 0 Å². The van der Waals surface area contributed by atoms with Gasteiger partial charge in [-0.05, 0) is 37.5 Å². The monoisotopic (exact) mass is 348 g/mol. The van der Waals surface area contributed by atoms with Crippen molar-refractivity contribution in [1.82, 2.24) is 15.3 Å². The zero-order chi connectivity index (χ0) is 18.3. The van der Waals surface area contributed by atoms with E-state index in [4.69, 9.17) is 5.73 Å². The van der Waals surface area contributed by atoms with E-state index in [-0.39, 0.29) is 11.4 Å². The minimum Gasteiger partial charge on any atom is -0.383 e. The molecule has 0 saturated heterocycles. The number of fused-ring (bicyclic) bond motifs is 2. The van der Waals surface area contributed by atoms with E-state index in [1.165, 1.54) is 12.7 Å². The van der Waals surface area contributed by atoms with E-state index < -0.39 is 0 Å². The second-order valence-corrected chi connectivity index (χ2v) is 7.01. The van der Waals surface area contributed by atoms with Crippen LogP contribution in [0.3, 0.4) is 0 Å². The van der Waals surface area contributed by atoms with Crippen LogP contribution in [-0.4, -0.2) is 15.9 Å². The summed E-state index contributed by atoms with van der Waals surface area (Å²) >= 11 is 0. The minimum absolute atomic E-state index is 0.146. The number of nitriles is 1. The Morgan fingerprint density at radius 1 is 1.27 bits per heavy atom. The Bertz CT molecular complexity index is 940. The van der Waals surface area contributed by atoms with Gasteiger partial charge in [0.25, 0.3) is 5.91 Å². The first-order valence-corrected chi connectivity index (χ1v) is 8.79. The standard InChI is InChI=1S/C19H20N6O/c1-11-16(21)22-10-23-17(11)24-13-7-12(9-20)15-14(8-13)19(25-18(15)26)5-3-2-4-6-19/h7-8,10H,2-6H2,1H3,(H,25,26)(H3,21,22,23,24). The molecule has 1 spiro atoms. The van der Waals surface area contributed by atoms with Crippen molar-refractivity contribution < 1.29 is 4.79 Å². The van der Waals surface area contributed by atoms with Gasteiger partial charge in [-0.2, -0.15) is 5.26 Å². The molecule has 1 aromatic heterocycles. The molecule has 0 bridgehead atoms. The number of nitrogens with zero attached hydrogens (tertiary/aromatic N) is 3. The normalized spacial score (nSPS) is 17.5. The van der Waals surface area contributed by atoms with Crippen LogP contribution in [0.1, 0.15) is 59.2 Å². The Hall–Kier alpha value is -3.14. The highest BCUT2D eigenvalue weighted by molar-refractivity contribution is 6.03. The second-order valence-electron chi connectivity index (χ2n) is 7.01. The predicted octanol–water partition coefficient (Wildman–Crippen LogP) is 2.89. The lowest BCUT2D eigenvalue weighted by atomic mass is 9.77. The SMILES string of the molecule is Cc1c(N)ncnc1Nc1cc(C#N)c2c(c1)C1(CCCCC1)NC2=O. The molecule has 0 unspecified atom stereocenters. The molecule has 1 aliphatic carbocycles. The van der Waals surface area contributed by atoms with Gasteiger partial charge in [0, 0.05) is 11.3 Å². The van der Waals surface area contributed by atoms with Crippen molar-refractivity contribution in [1.29, 1.82) is 5.26 Å². The molecule has 26 heavy (non-hydrogen) atoms. The molecular weight excluding hydrogens is 328 g/mol. The highest BCUT2D eigenvalue weighted by atomic mass is 16.2. The summed E-state index contributed by atoms with van der Waals surface area (Å²) < 4.78 is 0. The third-order valence-electron chi connectivity index (χ3n) is 5.45. The maximum atomic E-state index is 12.6. The number of benzene rings is 1. The zero-order valence-corrected chi connectivity index (χ0v) is 14.6. The number of hydrogen-bond donors (Lipinski definition) is 3. The molecule has 7 nitrogen and oxygen atoms in total. The summed E-state index contributed by atoms with van der Waals surface area (Å²) in [6.45, 7) is 1.84. The Morgan fingerprint density at radius 3 is 2.77 bits per heavy atom. The molecular formula is C19H20N6O. The third kappa shape index (κ3) is 2.46. The largest absolute Gasteiger partial charge is 0.383 e. The van der Waals surface area contributed by atoms with E-state index in [9.17, 15) is 10.1 Å². The van der Waals surface area contributed by atoms with Gasteiger partial charge in [0.15, 0.2) is 0 Å². The van der Waals surface area contributed by atoms with E-state index in [0.717, 1.165) is 42.5 Å². The number of carbonyl (C=O) groups is 1. The van der Waals surface area contributed by atoms with E-state index in [0.29, 0.717) is 22.8 Å². The van der Waals surface area contributed by atoms with E-state index in [2.05, 4.69) is 26.7 Å². The summed E-state index contributed by atoms with van der Waals surface area (Å²) in [6, 6.07) is 5.84. The average Bonchev–Trinajstić information content (AvgIpc) is 2.90. The van der Waals surface area contributed by atoms with Gasteiger partial charge in [0.2, 0.25) is 0 Å². The fourth-order valence-electron chi connectivity index (χ4n) is 4.05. The number of nitrogens with two attached hydrogens (primary N) is 1. The second kappa shape index (κ2) is 5.99. The quantitative estimate of drug-likeness (QED) is 0.768. The fraction of sp³-hybridized carbons (Fsp3) is 0.368. The van der Waals surface area contributed by atoms with Crippen LogP contribution < -0.4 is 16.4 Å². The molecule has 1 aromatic carbocycles. The number of nitrogens with one attached hydrogen (secondary N) is 2. The first-order chi connectivity index (χ1) is 12.5. The van der Waals surface area contributed by atoms with Crippen LogP contribution >= 0.6 is 0 Å². The number of hydrogen-bond acceptors (Lipinski definition) is 6. The van der Waals surface area contributed by atoms with Gasteiger partial charge < -0.3 is 16.4 Å². The molecule has 0 radical (unpaired) electrons. The summed E-state index contributed by atoms with van der Waals surface area (Å²) in [5.74, 6) is 0.855. The molecule has 7 heteroatoms. The van der Waals surface area contributed by atoms with Crippen LogP contribution in [0.15, 0.2) is 18.5 Å². The molecule has 1 fully saturated rings. The molecule has 4 N–H and O–H groups in total. The van der Waals surface area contributed by atoms with Gasteiger partial charge in [-0.1, -0.05) is 19.3 Å². The molecule has 1 amide bonds. The summed E-state index contributed by atoms with van der Waals surface area (Å²) in [7, 11) is 0. The number of amides is 1. The maximum Gasteiger partial charge on any atom is 0.253 e. The molecule has 2 aromatic rings. The number of rotatable bonds is 2. The van der Waals surface area contributed by atoms with Gasteiger partial charge in [0.1, 0.15) is 24.0 Å². The highest BCUT2D eigenvalue weighted by Gasteiger charge is 2.44. The minimum atomic E-state index is -0.353. The molecule has 1 saturated carbocycles. The number of carbonyl (C=O) groups excluding carboxylic acids is 1. The van der Waals surface area contributed by atoms with Crippen molar-refractivity contribution >= 4 is 23.2 Å². The summed E-state index contributed by atoms with van der Waals surface area (Å²) in [4.78, 5) is 20.8. The van der Waals surface area contributed by atoms with Gasteiger partial charge in [-0.15, -0.1) is 0 Å². The number of aromatic nitrogens is 2. The molecule has 2 aliphatic rings. The van der Waals surface area contributed by atoms with E-state index in [1.807, 2.05) is 13.0 Å². The van der Waals surface area contributed by atoms with Crippen molar-refractivity contribution in [3.05, 3.63) is 40.7 Å². The first-order valence-electron chi connectivity index (χ1n) is 8.79. The lowest BCUT2D eigenvalue weighted by molar-refractivity contribution is 0.0909. The van der Waals surface area contributed by atoms with E-state index >= 15 is 0 Å². The summed E-state index contributed by atoms with van der Waals surface area (Å²) in [6.07, 6.45) is 6.52. The smallest absolute Gasteiger partial charge is 0.253 e. The van der Waals surface area contributed by atoms with E-state index in [1.54, 1.807) is 6.07 Å². The summed E-state index contributed by atoms with van der Waals surface area (Å²) in [5.41, 5.74) is 8.78. The van der Waals surface area contributed by atoms with Crippen molar-refractivity contribution in [2.75, 3.05) is 11.1 Å². The Kier molecular flexibility index (Phi) is 3.76. The van der Waals surface area contributed by atoms with Crippen molar-refractivity contribution in [2.45, 2.75) is 44.6 Å². The molecule has 0 atom stereocenters. The zero-order valence-electron chi connectivity index (χ0n) is 14.6. The number of anilines is 3. The van der Waals surface area contributed by atoms with Gasteiger partial charge in [-0.25, -0.2) is 9.97 Å². The van der Waals surface area contributed by atoms with Crippen LogP contribution in [-0.2, 0) is 5.54 Å². The first kappa shape index (κ1) is 16.3. The summed E-state index contributed by atoms with van der Waals surface area (Å²) in [5, 5.41) is 16.0. The molecule has 1 aliphatic heterocycles.